The topological polar surface area (TPSA) is 84.6 Å². The van der Waals surface area contributed by atoms with Crippen molar-refractivity contribution in [3.05, 3.63) is 99.9 Å². The van der Waals surface area contributed by atoms with Crippen molar-refractivity contribution >= 4 is 11.4 Å². The van der Waals surface area contributed by atoms with Gasteiger partial charge in [-0.2, -0.15) is 0 Å². The maximum absolute atomic E-state index is 13.2. The van der Waals surface area contributed by atoms with Crippen molar-refractivity contribution in [1.82, 2.24) is 0 Å². The van der Waals surface area contributed by atoms with Gasteiger partial charge in [-0.3, -0.25) is 10.1 Å². The summed E-state index contributed by atoms with van der Waals surface area (Å²) in [6.45, 7) is 0. The van der Waals surface area contributed by atoms with E-state index in [4.69, 9.17) is 4.74 Å². The fraction of sp³-hybridized carbons (Fsp3) is 0.182. The molecule has 7 heteroatoms. The molecular formula is C22H21FN2O4. The summed E-state index contributed by atoms with van der Waals surface area (Å²) in [7, 11) is 1.58. The van der Waals surface area contributed by atoms with Crippen LogP contribution < -0.4 is 10.1 Å². The second-order valence-electron chi connectivity index (χ2n) is 6.58. The fourth-order valence-electron chi connectivity index (χ4n) is 3.04. The van der Waals surface area contributed by atoms with E-state index in [1.807, 2.05) is 24.3 Å². The molecule has 0 saturated heterocycles. The number of nitro groups is 1. The van der Waals surface area contributed by atoms with Gasteiger partial charge in [0.1, 0.15) is 11.6 Å². The standard InChI is InChI=1S/C22H21FN2O4/c1-29-20-12-4-15(5-13-20)21(14-22(26)16-2-6-17(23)7-3-16)24-18-8-10-19(11-9-18)25(27)28/h2-13,21-22,24,26H,14H2,1H3. The number of hydrogen-bond acceptors (Lipinski definition) is 5. The lowest BCUT2D eigenvalue weighted by molar-refractivity contribution is -0.384. The number of aliphatic hydroxyl groups excluding tert-OH is 1. The molecule has 2 N–H and O–H groups in total. The minimum absolute atomic E-state index is 0.00268. The predicted octanol–water partition coefficient (Wildman–Crippen LogP) is 5.02. The maximum Gasteiger partial charge on any atom is 0.269 e. The van der Waals surface area contributed by atoms with Crippen LogP contribution in [0, 0.1) is 15.9 Å². The molecule has 0 amide bonds. The average Bonchev–Trinajstić information content (AvgIpc) is 2.74. The zero-order chi connectivity index (χ0) is 20.8. The van der Waals surface area contributed by atoms with E-state index < -0.39 is 11.0 Å². The van der Waals surface area contributed by atoms with Crippen LogP contribution in [0.2, 0.25) is 0 Å². The van der Waals surface area contributed by atoms with Gasteiger partial charge >= 0.3 is 0 Å². The highest BCUT2D eigenvalue weighted by Gasteiger charge is 2.19. The summed E-state index contributed by atoms with van der Waals surface area (Å²) < 4.78 is 18.4. The summed E-state index contributed by atoms with van der Waals surface area (Å²) in [4.78, 5) is 10.4. The van der Waals surface area contributed by atoms with E-state index in [9.17, 15) is 19.6 Å². The number of anilines is 1. The van der Waals surface area contributed by atoms with Crippen molar-refractivity contribution in [1.29, 1.82) is 0 Å². The second-order valence-corrected chi connectivity index (χ2v) is 6.58. The van der Waals surface area contributed by atoms with Crippen molar-refractivity contribution in [2.24, 2.45) is 0 Å². The molecule has 3 aromatic carbocycles. The van der Waals surface area contributed by atoms with Gasteiger partial charge in [0, 0.05) is 24.2 Å². The smallest absolute Gasteiger partial charge is 0.269 e. The SMILES string of the molecule is COc1ccc(C(CC(O)c2ccc(F)cc2)Nc2ccc([N+](=O)[O-])cc2)cc1. The van der Waals surface area contributed by atoms with Gasteiger partial charge < -0.3 is 15.2 Å². The van der Waals surface area contributed by atoms with E-state index in [0.717, 1.165) is 5.56 Å². The lowest BCUT2D eigenvalue weighted by Crippen LogP contribution is -2.15. The summed E-state index contributed by atoms with van der Waals surface area (Å²) in [6, 6.07) is 18.9. The molecule has 0 heterocycles. The zero-order valence-corrected chi connectivity index (χ0v) is 15.8. The highest BCUT2D eigenvalue weighted by atomic mass is 19.1. The van der Waals surface area contributed by atoms with E-state index in [1.165, 1.54) is 24.3 Å². The number of nitrogens with one attached hydrogen (secondary N) is 1. The minimum atomic E-state index is -0.826. The number of benzene rings is 3. The van der Waals surface area contributed by atoms with Crippen molar-refractivity contribution < 1.29 is 19.2 Å². The summed E-state index contributed by atoms with van der Waals surface area (Å²) >= 11 is 0. The normalized spacial score (nSPS) is 12.8. The minimum Gasteiger partial charge on any atom is -0.497 e. The summed E-state index contributed by atoms with van der Waals surface area (Å²) in [5.74, 6) is 0.346. The fourth-order valence-corrected chi connectivity index (χ4v) is 3.04. The first kappa shape index (κ1) is 20.3. The monoisotopic (exact) mass is 396 g/mol. The first-order valence-corrected chi connectivity index (χ1v) is 9.04. The molecule has 0 bridgehead atoms. The first-order chi connectivity index (χ1) is 14.0. The van der Waals surface area contributed by atoms with Crippen LogP contribution in [0.15, 0.2) is 72.8 Å². The summed E-state index contributed by atoms with van der Waals surface area (Å²) in [5, 5.41) is 24.8. The van der Waals surface area contributed by atoms with E-state index in [0.29, 0.717) is 23.4 Å². The molecule has 6 nitrogen and oxygen atoms in total. The average molecular weight is 396 g/mol. The third-order valence-corrected chi connectivity index (χ3v) is 4.65. The number of halogens is 1. The number of hydrogen-bond donors (Lipinski definition) is 2. The van der Waals surface area contributed by atoms with Crippen LogP contribution >= 0.6 is 0 Å². The lowest BCUT2D eigenvalue weighted by atomic mass is 9.96. The zero-order valence-electron chi connectivity index (χ0n) is 15.8. The molecule has 150 valence electrons. The third-order valence-electron chi connectivity index (χ3n) is 4.65. The van der Waals surface area contributed by atoms with Gasteiger partial charge in [-0.15, -0.1) is 0 Å². The highest BCUT2D eigenvalue weighted by molar-refractivity contribution is 5.50. The van der Waals surface area contributed by atoms with Gasteiger partial charge in [0.25, 0.3) is 5.69 Å². The Morgan fingerprint density at radius 2 is 1.59 bits per heavy atom. The molecule has 0 aliphatic rings. The Morgan fingerprint density at radius 1 is 1.00 bits per heavy atom. The lowest BCUT2D eigenvalue weighted by Gasteiger charge is -2.24. The van der Waals surface area contributed by atoms with Crippen molar-refractivity contribution in [2.45, 2.75) is 18.6 Å². The summed E-state index contributed by atoms with van der Waals surface area (Å²) in [6.07, 6.45) is -0.511. The number of rotatable bonds is 8. The molecule has 0 saturated carbocycles. The van der Waals surface area contributed by atoms with Crippen molar-refractivity contribution in [2.75, 3.05) is 12.4 Å². The Hall–Kier alpha value is -3.45. The molecule has 0 aliphatic carbocycles. The van der Waals surface area contributed by atoms with Gasteiger partial charge in [-0.25, -0.2) is 4.39 Å². The Labute approximate surface area is 167 Å². The molecule has 0 aliphatic heterocycles. The first-order valence-electron chi connectivity index (χ1n) is 9.04. The maximum atomic E-state index is 13.2. The van der Waals surface area contributed by atoms with Gasteiger partial charge in [-0.05, 0) is 47.5 Å². The van der Waals surface area contributed by atoms with Crippen molar-refractivity contribution in [3.63, 3.8) is 0 Å². The van der Waals surface area contributed by atoms with E-state index in [-0.39, 0.29) is 17.5 Å². The molecule has 29 heavy (non-hydrogen) atoms. The molecule has 3 rings (SSSR count). The number of non-ortho nitro benzene ring substituents is 1. The second kappa shape index (κ2) is 9.16. The van der Waals surface area contributed by atoms with Crippen LogP contribution in [-0.4, -0.2) is 17.1 Å². The van der Waals surface area contributed by atoms with Gasteiger partial charge in [-0.1, -0.05) is 24.3 Å². The molecule has 0 fully saturated rings. The van der Waals surface area contributed by atoms with Gasteiger partial charge in [0.2, 0.25) is 0 Å². The largest absolute Gasteiger partial charge is 0.497 e. The molecule has 2 atom stereocenters. The molecule has 2 unspecified atom stereocenters. The van der Waals surface area contributed by atoms with Crippen molar-refractivity contribution in [3.8, 4) is 5.75 Å². The predicted molar refractivity (Wildman–Crippen MR) is 108 cm³/mol. The van der Waals surface area contributed by atoms with Crippen LogP contribution in [0.1, 0.15) is 29.7 Å². The Balaban J connectivity index is 1.83. The Morgan fingerprint density at radius 3 is 2.14 bits per heavy atom. The van der Waals surface area contributed by atoms with Crippen LogP contribution in [0.3, 0.4) is 0 Å². The summed E-state index contributed by atoms with van der Waals surface area (Å²) in [5.41, 5.74) is 2.20. The number of methoxy groups -OCH3 is 1. The van der Waals surface area contributed by atoms with Crippen LogP contribution in [0.5, 0.6) is 5.75 Å². The van der Waals surface area contributed by atoms with E-state index in [2.05, 4.69) is 5.32 Å². The highest BCUT2D eigenvalue weighted by Crippen LogP contribution is 2.31. The Kier molecular flexibility index (Phi) is 6.41. The third kappa shape index (κ3) is 5.30. The van der Waals surface area contributed by atoms with Gasteiger partial charge in [0.15, 0.2) is 0 Å². The van der Waals surface area contributed by atoms with Crippen LogP contribution in [-0.2, 0) is 0 Å². The van der Waals surface area contributed by atoms with E-state index >= 15 is 0 Å². The van der Waals surface area contributed by atoms with Crippen LogP contribution in [0.4, 0.5) is 15.8 Å². The number of ether oxygens (including phenoxy) is 1. The molecule has 0 spiro atoms. The molecule has 3 aromatic rings. The molecule has 0 aromatic heterocycles. The Bertz CT molecular complexity index is 944. The van der Waals surface area contributed by atoms with Crippen LogP contribution in [0.25, 0.3) is 0 Å². The van der Waals surface area contributed by atoms with Gasteiger partial charge in [0.05, 0.1) is 24.2 Å². The van der Waals surface area contributed by atoms with E-state index in [1.54, 1.807) is 31.4 Å². The quantitative estimate of drug-likeness (QED) is 0.413. The number of nitro benzene ring substituents is 1. The molecular weight excluding hydrogens is 375 g/mol. The number of nitrogens with zero attached hydrogens (tertiary/aromatic N) is 1. The molecule has 0 radical (unpaired) electrons. The number of aliphatic hydroxyl groups is 1.